The summed E-state index contributed by atoms with van der Waals surface area (Å²) in [5.41, 5.74) is 1.45. The highest BCUT2D eigenvalue weighted by atomic mass is 79.9. The summed E-state index contributed by atoms with van der Waals surface area (Å²) in [6, 6.07) is 4.67. The Labute approximate surface area is 141 Å². The lowest BCUT2D eigenvalue weighted by Crippen LogP contribution is -2.04. The molecular formula is C14H13BrCl2FN3. The fraction of sp³-hybridized carbons (Fsp3) is 0.214. The highest BCUT2D eigenvalue weighted by Crippen LogP contribution is 2.33. The Morgan fingerprint density at radius 3 is 2.52 bits per heavy atom. The van der Waals surface area contributed by atoms with Crippen molar-refractivity contribution < 1.29 is 4.39 Å². The summed E-state index contributed by atoms with van der Waals surface area (Å²) in [4.78, 5) is 4.33. The summed E-state index contributed by atoms with van der Waals surface area (Å²) in [5.74, 6) is 0.586. The minimum Gasteiger partial charge on any atom is -0.369 e. The molecular weight excluding hydrogens is 380 g/mol. The SMILES string of the molecule is CCNc1nc(Nc2cc(F)c(Br)cc2C)c(Cl)cc1Cl. The zero-order chi connectivity index (χ0) is 15.6. The molecule has 3 nitrogen and oxygen atoms in total. The third kappa shape index (κ3) is 3.78. The molecule has 0 aliphatic rings. The molecule has 0 saturated carbocycles. The van der Waals surface area contributed by atoms with E-state index in [0.29, 0.717) is 38.4 Å². The Bertz CT molecular complexity index is 680. The molecule has 0 amide bonds. The number of aryl methyl sites for hydroxylation is 1. The van der Waals surface area contributed by atoms with Crippen molar-refractivity contribution >= 4 is 56.5 Å². The van der Waals surface area contributed by atoms with E-state index in [1.54, 1.807) is 12.1 Å². The lowest BCUT2D eigenvalue weighted by Gasteiger charge is -2.13. The van der Waals surface area contributed by atoms with Crippen LogP contribution in [0.4, 0.5) is 21.7 Å². The van der Waals surface area contributed by atoms with Gasteiger partial charge in [-0.1, -0.05) is 23.2 Å². The second kappa shape index (κ2) is 6.81. The van der Waals surface area contributed by atoms with Gasteiger partial charge in [0.2, 0.25) is 0 Å². The van der Waals surface area contributed by atoms with Crippen molar-refractivity contribution in [3.05, 3.63) is 44.1 Å². The molecule has 21 heavy (non-hydrogen) atoms. The maximum Gasteiger partial charge on any atom is 0.151 e. The summed E-state index contributed by atoms with van der Waals surface area (Å²) in [6.07, 6.45) is 0. The smallest absolute Gasteiger partial charge is 0.151 e. The molecule has 112 valence electrons. The van der Waals surface area contributed by atoms with E-state index in [-0.39, 0.29) is 5.82 Å². The molecule has 2 rings (SSSR count). The van der Waals surface area contributed by atoms with Crippen LogP contribution in [0.1, 0.15) is 12.5 Å². The second-order valence-corrected chi connectivity index (χ2v) is 6.05. The largest absolute Gasteiger partial charge is 0.369 e. The topological polar surface area (TPSA) is 37.0 Å². The predicted molar refractivity (Wildman–Crippen MR) is 90.5 cm³/mol. The molecule has 2 aromatic rings. The summed E-state index contributed by atoms with van der Waals surface area (Å²) in [7, 11) is 0. The van der Waals surface area contributed by atoms with Gasteiger partial charge in [-0.3, -0.25) is 0 Å². The number of hydrogen-bond acceptors (Lipinski definition) is 3. The van der Waals surface area contributed by atoms with Crippen LogP contribution < -0.4 is 10.6 Å². The van der Waals surface area contributed by atoms with Gasteiger partial charge < -0.3 is 10.6 Å². The molecule has 0 spiro atoms. The minimum absolute atomic E-state index is 0.361. The fourth-order valence-corrected chi connectivity index (χ4v) is 2.68. The van der Waals surface area contributed by atoms with Gasteiger partial charge in [0.05, 0.1) is 14.5 Å². The number of anilines is 3. The number of halogens is 4. The van der Waals surface area contributed by atoms with E-state index in [1.807, 2.05) is 13.8 Å². The van der Waals surface area contributed by atoms with Crippen LogP contribution in [0.3, 0.4) is 0 Å². The van der Waals surface area contributed by atoms with Gasteiger partial charge in [0.1, 0.15) is 11.6 Å². The van der Waals surface area contributed by atoms with E-state index >= 15 is 0 Å². The molecule has 1 heterocycles. The van der Waals surface area contributed by atoms with Crippen molar-refractivity contribution in [1.82, 2.24) is 4.98 Å². The molecule has 0 aliphatic carbocycles. The summed E-state index contributed by atoms with van der Waals surface area (Å²) < 4.78 is 14.1. The Hall–Kier alpha value is -1.04. The van der Waals surface area contributed by atoms with Crippen molar-refractivity contribution in [2.45, 2.75) is 13.8 Å². The molecule has 0 atom stereocenters. The van der Waals surface area contributed by atoms with E-state index in [0.717, 1.165) is 5.56 Å². The number of aromatic nitrogens is 1. The first-order valence-corrected chi connectivity index (χ1v) is 7.79. The first-order chi connectivity index (χ1) is 9.92. The number of hydrogen-bond donors (Lipinski definition) is 2. The number of nitrogens with one attached hydrogen (secondary N) is 2. The van der Waals surface area contributed by atoms with Gasteiger partial charge in [-0.15, -0.1) is 0 Å². The third-order valence-corrected chi connectivity index (χ3v) is 3.98. The van der Waals surface area contributed by atoms with Gasteiger partial charge >= 0.3 is 0 Å². The molecule has 1 aromatic heterocycles. The van der Waals surface area contributed by atoms with E-state index in [9.17, 15) is 4.39 Å². The molecule has 7 heteroatoms. The lowest BCUT2D eigenvalue weighted by atomic mass is 10.2. The van der Waals surface area contributed by atoms with Crippen molar-refractivity contribution in [3.8, 4) is 0 Å². The zero-order valence-corrected chi connectivity index (χ0v) is 14.5. The van der Waals surface area contributed by atoms with Crippen LogP contribution in [0.25, 0.3) is 0 Å². The average molecular weight is 393 g/mol. The highest BCUT2D eigenvalue weighted by Gasteiger charge is 2.11. The van der Waals surface area contributed by atoms with Gasteiger partial charge in [0, 0.05) is 12.2 Å². The predicted octanol–water partition coefficient (Wildman–Crippen LogP) is 5.77. The van der Waals surface area contributed by atoms with E-state index in [4.69, 9.17) is 23.2 Å². The highest BCUT2D eigenvalue weighted by molar-refractivity contribution is 9.10. The van der Waals surface area contributed by atoms with Crippen LogP contribution in [0.15, 0.2) is 22.7 Å². The van der Waals surface area contributed by atoms with Crippen LogP contribution in [0.2, 0.25) is 10.0 Å². The molecule has 1 aromatic carbocycles. The number of pyridine rings is 1. The summed E-state index contributed by atoms with van der Waals surface area (Å²) >= 11 is 15.3. The summed E-state index contributed by atoms with van der Waals surface area (Å²) in [5, 5.41) is 6.87. The van der Waals surface area contributed by atoms with Crippen molar-refractivity contribution in [1.29, 1.82) is 0 Å². The monoisotopic (exact) mass is 391 g/mol. The molecule has 0 saturated heterocycles. The quantitative estimate of drug-likeness (QED) is 0.692. The van der Waals surface area contributed by atoms with Crippen LogP contribution >= 0.6 is 39.1 Å². The molecule has 0 unspecified atom stereocenters. The fourth-order valence-electron chi connectivity index (χ4n) is 1.75. The zero-order valence-electron chi connectivity index (χ0n) is 11.4. The Kier molecular flexibility index (Phi) is 5.30. The van der Waals surface area contributed by atoms with E-state index in [1.165, 1.54) is 6.07 Å². The first kappa shape index (κ1) is 16.3. The molecule has 2 N–H and O–H groups in total. The van der Waals surface area contributed by atoms with Crippen LogP contribution in [0.5, 0.6) is 0 Å². The Balaban J connectivity index is 2.39. The van der Waals surface area contributed by atoms with Crippen molar-refractivity contribution in [2.75, 3.05) is 17.2 Å². The molecule has 0 aliphatic heterocycles. The van der Waals surface area contributed by atoms with Gasteiger partial charge in [0.15, 0.2) is 5.82 Å². The normalized spacial score (nSPS) is 10.6. The van der Waals surface area contributed by atoms with Crippen molar-refractivity contribution in [3.63, 3.8) is 0 Å². The Morgan fingerprint density at radius 1 is 1.19 bits per heavy atom. The van der Waals surface area contributed by atoms with E-state index < -0.39 is 0 Å². The number of benzene rings is 1. The number of nitrogens with zero attached hydrogens (tertiary/aromatic N) is 1. The number of rotatable bonds is 4. The lowest BCUT2D eigenvalue weighted by molar-refractivity contribution is 0.621. The maximum absolute atomic E-state index is 13.7. The van der Waals surface area contributed by atoms with Gasteiger partial charge in [-0.25, -0.2) is 9.37 Å². The van der Waals surface area contributed by atoms with Crippen molar-refractivity contribution in [2.24, 2.45) is 0 Å². The van der Waals surface area contributed by atoms with Gasteiger partial charge in [-0.2, -0.15) is 0 Å². The van der Waals surface area contributed by atoms with Gasteiger partial charge in [-0.05, 0) is 53.5 Å². The minimum atomic E-state index is -0.361. The van der Waals surface area contributed by atoms with E-state index in [2.05, 4.69) is 31.5 Å². The van der Waals surface area contributed by atoms with Crippen LogP contribution in [-0.4, -0.2) is 11.5 Å². The first-order valence-electron chi connectivity index (χ1n) is 6.25. The van der Waals surface area contributed by atoms with Crippen LogP contribution in [-0.2, 0) is 0 Å². The third-order valence-electron chi connectivity index (χ3n) is 2.79. The molecule has 0 bridgehead atoms. The molecule has 0 fully saturated rings. The van der Waals surface area contributed by atoms with Crippen LogP contribution in [0, 0.1) is 12.7 Å². The second-order valence-electron chi connectivity index (χ2n) is 4.39. The average Bonchev–Trinajstić information content (AvgIpc) is 2.41. The Morgan fingerprint density at radius 2 is 1.86 bits per heavy atom. The maximum atomic E-state index is 13.7. The standard InChI is InChI=1S/C14H13BrCl2FN3/c1-3-19-13-9(16)5-10(17)14(21-13)20-12-6-11(18)8(15)4-7(12)2/h4-6H,3H2,1-2H3,(H2,19,20,21). The molecule has 0 radical (unpaired) electrons. The summed E-state index contributed by atoms with van der Waals surface area (Å²) in [6.45, 7) is 4.48. The van der Waals surface area contributed by atoms with Gasteiger partial charge in [0.25, 0.3) is 0 Å².